The minimum Gasteiger partial charge on any atom is -0.394 e. The topological polar surface area (TPSA) is 133 Å². The summed E-state index contributed by atoms with van der Waals surface area (Å²) in [6.07, 6.45) is 0. The molecule has 0 aliphatic rings. The van der Waals surface area contributed by atoms with Crippen LogP contribution in [0.25, 0.3) is 0 Å². The highest BCUT2D eigenvalue weighted by Gasteiger charge is 2.15. The van der Waals surface area contributed by atoms with E-state index in [4.69, 9.17) is 24.1 Å². The predicted octanol–water partition coefficient (Wildman–Crippen LogP) is 5.59. The first kappa shape index (κ1) is 32.8. The molecule has 3 aromatic rings. The highest BCUT2D eigenvalue weighted by atomic mass is 32.1. The van der Waals surface area contributed by atoms with Crippen molar-refractivity contribution in [2.45, 2.75) is 20.4 Å². The van der Waals surface area contributed by atoms with Gasteiger partial charge in [0, 0.05) is 18.8 Å². The molecule has 0 aliphatic carbocycles. The molecule has 0 saturated heterocycles. The Bertz CT molecular complexity index is 1350. The number of aliphatic hydroxyl groups excluding tert-OH is 1. The van der Waals surface area contributed by atoms with E-state index in [-0.39, 0.29) is 6.61 Å². The molecule has 222 valence electrons. The zero-order valence-corrected chi connectivity index (χ0v) is 24.9. The molecule has 2 aromatic carbocycles. The van der Waals surface area contributed by atoms with Crippen LogP contribution in [0.2, 0.25) is 0 Å². The number of aryl methyl sites for hydroxylation is 1. The fourth-order valence-electron chi connectivity index (χ4n) is 3.96. The summed E-state index contributed by atoms with van der Waals surface area (Å²) >= 11 is 1.17. The molecule has 3 rings (SSSR count). The van der Waals surface area contributed by atoms with E-state index < -0.39 is 0 Å². The van der Waals surface area contributed by atoms with Crippen LogP contribution in [0.4, 0.5) is 16.4 Å². The molecule has 1 heterocycles. The first-order valence-corrected chi connectivity index (χ1v) is 14.6. The number of hydrogen-bond acceptors (Lipinski definition) is 11. The van der Waals surface area contributed by atoms with Crippen LogP contribution in [0, 0.1) is 36.5 Å². The second-order valence-electron chi connectivity index (χ2n) is 9.21. The van der Waals surface area contributed by atoms with Gasteiger partial charge in [-0.25, -0.2) is 0 Å². The third-order valence-electron chi connectivity index (χ3n) is 6.21. The fourth-order valence-corrected chi connectivity index (χ4v) is 4.84. The van der Waals surface area contributed by atoms with Gasteiger partial charge in [0.2, 0.25) is 0 Å². The quantitative estimate of drug-likeness (QED) is 0.141. The molecule has 0 unspecified atom stereocenters. The van der Waals surface area contributed by atoms with Crippen molar-refractivity contribution in [3.05, 3.63) is 75.7 Å². The Morgan fingerprint density at radius 1 is 0.810 bits per heavy atom. The molecule has 10 nitrogen and oxygen atoms in total. The van der Waals surface area contributed by atoms with E-state index in [2.05, 4.69) is 45.5 Å². The molecule has 0 bridgehead atoms. The van der Waals surface area contributed by atoms with Gasteiger partial charge in [-0.3, -0.25) is 0 Å². The number of anilines is 1. The Kier molecular flexibility index (Phi) is 14.6. The molecular weight excluding hydrogens is 554 g/mol. The molecule has 1 aromatic heterocycles. The third-order valence-corrected chi connectivity index (χ3v) is 7.29. The standard InChI is InChI=1S/C31H37N5O5S/c1-24-20-27(8-9-29(24)34-35-31-28(21-32)25(2)30(22-33)42-31)36(23-26-6-4-3-5-7-26)10-12-38-14-16-40-18-19-41-17-15-39-13-11-37/h3-9,20,37H,10-19,23H2,1-2H3. The van der Waals surface area contributed by atoms with Gasteiger partial charge >= 0.3 is 0 Å². The molecule has 0 aliphatic heterocycles. The normalized spacial score (nSPS) is 11.1. The van der Waals surface area contributed by atoms with Crippen LogP contribution in [0.1, 0.15) is 27.1 Å². The van der Waals surface area contributed by atoms with Crippen LogP contribution in [0.5, 0.6) is 0 Å². The van der Waals surface area contributed by atoms with Gasteiger partial charge in [-0.05, 0) is 48.7 Å². The van der Waals surface area contributed by atoms with Crippen LogP contribution in [0.3, 0.4) is 0 Å². The van der Waals surface area contributed by atoms with Gasteiger partial charge < -0.3 is 29.0 Å². The minimum atomic E-state index is 0.0137. The number of aliphatic hydroxyl groups is 1. The molecule has 0 fully saturated rings. The maximum atomic E-state index is 9.48. The highest BCUT2D eigenvalue weighted by Crippen LogP contribution is 2.36. The Morgan fingerprint density at radius 3 is 2.05 bits per heavy atom. The first-order valence-electron chi connectivity index (χ1n) is 13.7. The van der Waals surface area contributed by atoms with Crippen LogP contribution in [-0.2, 0) is 25.5 Å². The lowest BCUT2D eigenvalue weighted by molar-refractivity contribution is -0.00490. The maximum absolute atomic E-state index is 9.48. The molecule has 11 heteroatoms. The van der Waals surface area contributed by atoms with Crippen LogP contribution in [0.15, 0.2) is 58.8 Å². The summed E-state index contributed by atoms with van der Waals surface area (Å²) < 4.78 is 21.9. The van der Waals surface area contributed by atoms with Crippen molar-refractivity contribution in [3.63, 3.8) is 0 Å². The SMILES string of the molecule is Cc1cc(N(CCOCCOCCOCCOCCO)Cc2ccccc2)ccc1N=Nc1sc(C#N)c(C)c1C#N. The Labute approximate surface area is 251 Å². The zero-order valence-electron chi connectivity index (χ0n) is 24.1. The number of ether oxygens (including phenoxy) is 4. The lowest BCUT2D eigenvalue weighted by Crippen LogP contribution is -2.27. The summed E-state index contributed by atoms with van der Waals surface area (Å²) in [4.78, 5) is 2.73. The Hall–Kier alpha value is -3.68. The van der Waals surface area contributed by atoms with E-state index in [0.717, 1.165) is 17.8 Å². The summed E-state index contributed by atoms with van der Waals surface area (Å²) in [5.41, 5.74) is 4.89. The number of rotatable bonds is 19. The van der Waals surface area contributed by atoms with Crippen molar-refractivity contribution in [2.24, 2.45) is 10.2 Å². The van der Waals surface area contributed by atoms with Gasteiger partial charge in [-0.2, -0.15) is 10.5 Å². The van der Waals surface area contributed by atoms with Crippen molar-refractivity contribution in [3.8, 4) is 12.1 Å². The highest BCUT2D eigenvalue weighted by molar-refractivity contribution is 7.16. The molecule has 1 N–H and O–H groups in total. The van der Waals surface area contributed by atoms with Gasteiger partial charge in [0.1, 0.15) is 17.0 Å². The van der Waals surface area contributed by atoms with Crippen molar-refractivity contribution < 1.29 is 24.1 Å². The Morgan fingerprint density at radius 2 is 1.45 bits per heavy atom. The molecule has 0 amide bonds. The predicted molar refractivity (Wildman–Crippen MR) is 162 cm³/mol. The molecule has 42 heavy (non-hydrogen) atoms. The lowest BCUT2D eigenvalue weighted by atomic mass is 10.1. The lowest BCUT2D eigenvalue weighted by Gasteiger charge is -2.25. The molecule has 0 saturated carbocycles. The van der Waals surface area contributed by atoms with Crippen molar-refractivity contribution in [1.82, 2.24) is 0 Å². The summed E-state index contributed by atoms with van der Waals surface area (Å²) in [6.45, 7) is 8.86. The zero-order chi connectivity index (χ0) is 30.0. The van der Waals surface area contributed by atoms with Gasteiger partial charge in [-0.1, -0.05) is 30.3 Å². The second kappa shape index (κ2) is 18.7. The van der Waals surface area contributed by atoms with Crippen molar-refractivity contribution >= 4 is 27.7 Å². The van der Waals surface area contributed by atoms with E-state index in [0.29, 0.717) is 86.1 Å². The first-order chi connectivity index (χ1) is 20.6. The summed E-state index contributed by atoms with van der Waals surface area (Å²) in [5.74, 6) is 0. The Balaban J connectivity index is 1.53. The van der Waals surface area contributed by atoms with E-state index in [1.165, 1.54) is 16.9 Å². The van der Waals surface area contributed by atoms with E-state index in [1.807, 2.05) is 37.3 Å². The third kappa shape index (κ3) is 10.6. The molecular formula is C31H37N5O5S. The average Bonchev–Trinajstić information content (AvgIpc) is 3.32. The van der Waals surface area contributed by atoms with Gasteiger partial charge in [0.05, 0.1) is 70.7 Å². The van der Waals surface area contributed by atoms with Crippen LogP contribution < -0.4 is 4.90 Å². The van der Waals surface area contributed by atoms with E-state index in [1.54, 1.807) is 6.92 Å². The number of benzene rings is 2. The van der Waals surface area contributed by atoms with Gasteiger partial charge in [0.15, 0.2) is 5.00 Å². The summed E-state index contributed by atoms with van der Waals surface area (Å²) in [6, 6.07) is 20.5. The van der Waals surface area contributed by atoms with E-state index >= 15 is 0 Å². The molecule has 0 atom stereocenters. The van der Waals surface area contributed by atoms with Crippen LogP contribution >= 0.6 is 11.3 Å². The number of nitrogens with zero attached hydrogens (tertiary/aromatic N) is 5. The number of thiophene rings is 1. The number of azo groups is 1. The molecule has 0 spiro atoms. The largest absolute Gasteiger partial charge is 0.394 e. The summed E-state index contributed by atoms with van der Waals surface area (Å²) in [5, 5.41) is 36.6. The minimum absolute atomic E-state index is 0.0137. The van der Waals surface area contributed by atoms with Gasteiger partial charge in [-0.15, -0.1) is 21.6 Å². The average molecular weight is 592 g/mol. The number of hydrogen-bond donors (Lipinski definition) is 1. The number of nitriles is 2. The monoisotopic (exact) mass is 591 g/mol. The van der Waals surface area contributed by atoms with Gasteiger partial charge in [0.25, 0.3) is 0 Å². The summed E-state index contributed by atoms with van der Waals surface area (Å²) in [7, 11) is 0. The van der Waals surface area contributed by atoms with Crippen molar-refractivity contribution in [1.29, 1.82) is 10.5 Å². The smallest absolute Gasteiger partial charge is 0.158 e. The van der Waals surface area contributed by atoms with E-state index in [9.17, 15) is 10.5 Å². The molecule has 0 radical (unpaired) electrons. The second-order valence-corrected chi connectivity index (χ2v) is 10.2. The fraction of sp³-hybridized carbons (Fsp3) is 0.419. The van der Waals surface area contributed by atoms with Crippen molar-refractivity contribution in [2.75, 3.05) is 70.9 Å². The maximum Gasteiger partial charge on any atom is 0.158 e. The van der Waals surface area contributed by atoms with Crippen LogP contribution in [-0.4, -0.2) is 71.1 Å².